The summed E-state index contributed by atoms with van der Waals surface area (Å²) < 4.78 is 13.1. The first-order valence-corrected chi connectivity index (χ1v) is 9.15. The molecule has 1 saturated heterocycles. The molecule has 0 bridgehead atoms. The molecule has 0 spiro atoms. The number of urea groups is 1. The van der Waals surface area contributed by atoms with Crippen molar-refractivity contribution in [2.24, 2.45) is 0 Å². The molecule has 0 aliphatic carbocycles. The van der Waals surface area contributed by atoms with E-state index in [9.17, 15) is 18.8 Å². The first-order valence-electron chi connectivity index (χ1n) is 9.15. The number of nitrogens with two attached hydrogens (primary N) is 1. The lowest BCUT2D eigenvalue weighted by Gasteiger charge is -2.15. The first-order chi connectivity index (χ1) is 14.9. The highest BCUT2D eigenvalue weighted by molar-refractivity contribution is 6.44. The fourth-order valence-corrected chi connectivity index (χ4v) is 2.96. The summed E-state index contributed by atoms with van der Waals surface area (Å²) in [5.74, 6) is -2.42. The number of aromatic nitrogens is 3. The summed E-state index contributed by atoms with van der Waals surface area (Å²) in [6.45, 7) is -0.392. The molecule has 156 valence electrons. The van der Waals surface area contributed by atoms with Crippen LogP contribution in [0.5, 0.6) is 0 Å². The Kier molecular flexibility index (Phi) is 5.22. The van der Waals surface area contributed by atoms with Crippen molar-refractivity contribution in [1.29, 1.82) is 0 Å². The Morgan fingerprint density at radius 3 is 2.16 bits per heavy atom. The van der Waals surface area contributed by atoms with Gasteiger partial charge in [0.15, 0.2) is 5.82 Å². The van der Waals surface area contributed by atoms with Gasteiger partial charge in [0.25, 0.3) is 0 Å². The third-order valence-corrected chi connectivity index (χ3v) is 4.42. The van der Waals surface area contributed by atoms with Crippen LogP contribution in [0.4, 0.5) is 26.8 Å². The number of halogens is 1. The molecule has 4 rings (SSSR count). The van der Waals surface area contributed by atoms with E-state index in [0.717, 1.165) is 9.80 Å². The van der Waals surface area contributed by atoms with E-state index < -0.39 is 23.7 Å². The van der Waals surface area contributed by atoms with E-state index in [1.54, 1.807) is 30.3 Å². The number of hydrogen-bond donors (Lipinski definition) is 2. The second-order valence-corrected chi connectivity index (χ2v) is 6.62. The zero-order chi connectivity index (χ0) is 22.0. The van der Waals surface area contributed by atoms with Crippen molar-refractivity contribution in [3.63, 3.8) is 0 Å². The minimum absolute atomic E-state index is 0.00757. The molecule has 3 aromatic rings. The molecular formula is C20H16FN7O3. The predicted molar refractivity (Wildman–Crippen MR) is 107 cm³/mol. The molecule has 31 heavy (non-hydrogen) atoms. The van der Waals surface area contributed by atoms with Crippen LogP contribution in [0.15, 0.2) is 54.6 Å². The molecule has 1 aliphatic rings. The highest BCUT2D eigenvalue weighted by Gasteiger charge is 2.44. The van der Waals surface area contributed by atoms with Gasteiger partial charge in [0, 0.05) is 5.69 Å². The van der Waals surface area contributed by atoms with Crippen molar-refractivity contribution in [1.82, 2.24) is 24.8 Å². The number of carbonyl (C=O) groups is 3. The maximum absolute atomic E-state index is 13.1. The third kappa shape index (κ3) is 4.29. The van der Waals surface area contributed by atoms with Crippen LogP contribution in [0.2, 0.25) is 0 Å². The van der Waals surface area contributed by atoms with Crippen LogP contribution in [0, 0.1) is 5.82 Å². The van der Waals surface area contributed by atoms with Gasteiger partial charge in [-0.05, 0) is 29.8 Å². The van der Waals surface area contributed by atoms with Crippen LogP contribution >= 0.6 is 0 Å². The summed E-state index contributed by atoms with van der Waals surface area (Å²) in [5, 5.41) is 2.84. The van der Waals surface area contributed by atoms with Gasteiger partial charge in [0.1, 0.15) is 5.82 Å². The second-order valence-electron chi connectivity index (χ2n) is 6.62. The lowest BCUT2D eigenvalue weighted by atomic mass is 10.2. The standard InChI is InChI=1S/C20H16FN7O3/c21-13-6-8-14(9-7-13)23-19-25-15(24-18(22)26-19)11-28-17(30)16(29)27(20(28)31)10-12-4-2-1-3-5-12/h1-9H,10-11H2,(H3,22,23,24,25,26). The van der Waals surface area contributed by atoms with E-state index in [1.807, 2.05) is 0 Å². The molecule has 10 nitrogen and oxygen atoms in total. The van der Waals surface area contributed by atoms with E-state index in [1.165, 1.54) is 24.3 Å². The molecule has 11 heteroatoms. The number of nitrogens with zero attached hydrogens (tertiary/aromatic N) is 5. The maximum Gasteiger partial charge on any atom is 0.334 e. The molecule has 1 aliphatic heterocycles. The van der Waals surface area contributed by atoms with E-state index in [-0.39, 0.29) is 30.8 Å². The molecule has 2 heterocycles. The number of amides is 4. The van der Waals surface area contributed by atoms with Crippen molar-refractivity contribution in [2.75, 3.05) is 11.1 Å². The summed E-state index contributed by atoms with van der Waals surface area (Å²) in [6, 6.07) is 13.5. The van der Waals surface area contributed by atoms with Crippen LogP contribution in [-0.4, -0.2) is 42.6 Å². The van der Waals surface area contributed by atoms with Gasteiger partial charge in [-0.1, -0.05) is 30.3 Å². The summed E-state index contributed by atoms with van der Waals surface area (Å²) in [7, 11) is 0. The molecule has 2 aromatic carbocycles. The Balaban J connectivity index is 1.52. The smallest absolute Gasteiger partial charge is 0.334 e. The van der Waals surface area contributed by atoms with Crippen molar-refractivity contribution in [3.8, 4) is 0 Å². The Labute approximate surface area is 175 Å². The Morgan fingerprint density at radius 2 is 1.48 bits per heavy atom. The molecule has 3 N–H and O–H groups in total. The fraction of sp³-hybridized carbons (Fsp3) is 0.100. The van der Waals surface area contributed by atoms with E-state index >= 15 is 0 Å². The number of benzene rings is 2. The molecule has 1 aromatic heterocycles. The Hall–Kier alpha value is -4.41. The van der Waals surface area contributed by atoms with Crippen LogP contribution in [0.3, 0.4) is 0 Å². The van der Waals surface area contributed by atoms with Crippen molar-refractivity contribution >= 4 is 35.4 Å². The summed E-state index contributed by atoms with van der Waals surface area (Å²) in [5.41, 5.74) is 6.91. The average molecular weight is 421 g/mol. The molecule has 0 atom stereocenters. The topological polar surface area (TPSA) is 134 Å². The van der Waals surface area contributed by atoms with Gasteiger partial charge in [-0.3, -0.25) is 14.5 Å². The van der Waals surface area contributed by atoms with Gasteiger partial charge >= 0.3 is 17.8 Å². The number of nitrogen functional groups attached to an aromatic ring is 1. The predicted octanol–water partition coefficient (Wildman–Crippen LogP) is 1.83. The molecule has 0 radical (unpaired) electrons. The molecule has 0 saturated carbocycles. The van der Waals surface area contributed by atoms with Crippen molar-refractivity contribution in [2.45, 2.75) is 13.1 Å². The normalized spacial score (nSPS) is 13.8. The lowest BCUT2D eigenvalue weighted by molar-refractivity contribution is -0.143. The van der Waals surface area contributed by atoms with E-state index in [0.29, 0.717) is 11.3 Å². The summed E-state index contributed by atoms with van der Waals surface area (Å²) in [6.07, 6.45) is 0. The Bertz CT molecular complexity index is 1160. The fourth-order valence-electron chi connectivity index (χ4n) is 2.96. The largest absolute Gasteiger partial charge is 0.368 e. The molecule has 0 unspecified atom stereocenters. The monoisotopic (exact) mass is 421 g/mol. The number of nitrogens with one attached hydrogen (secondary N) is 1. The van der Waals surface area contributed by atoms with Gasteiger partial charge in [0.2, 0.25) is 11.9 Å². The van der Waals surface area contributed by atoms with Crippen molar-refractivity contribution in [3.05, 3.63) is 71.8 Å². The maximum atomic E-state index is 13.1. The SMILES string of the molecule is Nc1nc(CN2C(=O)C(=O)N(Cc3ccccc3)C2=O)nc(Nc2ccc(F)cc2)n1. The first kappa shape index (κ1) is 19.9. The molecule has 4 amide bonds. The third-order valence-electron chi connectivity index (χ3n) is 4.42. The van der Waals surface area contributed by atoms with Gasteiger partial charge < -0.3 is 11.1 Å². The van der Waals surface area contributed by atoms with Gasteiger partial charge in [-0.25, -0.2) is 14.1 Å². The number of rotatable bonds is 6. The highest BCUT2D eigenvalue weighted by Crippen LogP contribution is 2.19. The average Bonchev–Trinajstić information content (AvgIpc) is 2.94. The minimum atomic E-state index is -0.979. The van der Waals surface area contributed by atoms with Crippen LogP contribution in [0.25, 0.3) is 0 Å². The van der Waals surface area contributed by atoms with E-state index in [4.69, 9.17) is 5.73 Å². The van der Waals surface area contributed by atoms with Crippen LogP contribution in [0.1, 0.15) is 11.4 Å². The van der Waals surface area contributed by atoms with Crippen LogP contribution in [-0.2, 0) is 22.7 Å². The Morgan fingerprint density at radius 1 is 0.839 bits per heavy atom. The van der Waals surface area contributed by atoms with Crippen LogP contribution < -0.4 is 11.1 Å². The summed E-state index contributed by atoms with van der Waals surface area (Å²) >= 11 is 0. The van der Waals surface area contributed by atoms with E-state index in [2.05, 4.69) is 20.3 Å². The zero-order valence-corrected chi connectivity index (χ0v) is 16.0. The molecular weight excluding hydrogens is 405 g/mol. The minimum Gasteiger partial charge on any atom is -0.368 e. The lowest BCUT2D eigenvalue weighted by Crippen LogP contribution is -2.33. The van der Waals surface area contributed by atoms with Gasteiger partial charge in [-0.2, -0.15) is 15.0 Å². The zero-order valence-electron chi connectivity index (χ0n) is 16.0. The number of anilines is 3. The number of hydrogen-bond acceptors (Lipinski definition) is 8. The quantitative estimate of drug-likeness (QED) is 0.455. The van der Waals surface area contributed by atoms with Gasteiger partial charge in [-0.15, -0.1) is 0 Å². The number of imide groups is 2. The molecule has 1 fully saturated rings. The highest BCUT2D eigenvalue weighted by atomic mass is 19.1. The number of carbonyl (C=O) groups excluding carboxylic acids is 3. The van der Waals surface area contributed by atoms with Crippen molar-refractivity contribution < 1.29 is 18.8 Å². The second kappa shape index (κ2) is 8.14. The van der Waals surface area contributed by atoms with Gasteiger partial charge in [0.05, 0.1) is 13.1 Å². The summed E-state index contributed by atoms with van der Waals surface area (Å²) in [4.78, 5) is 51.0.